The lowest BCUT2D eigenvalue weighted by Crippen LogP contribution is -2.34. The van der Waals surface area contributed by atoms with Gasteiger partial charge in [0.15, 0.2) is 0 Å². The third-order valence-electron chi connectivity index (χ3n) is 3.93. The largest absolute Gasteiger partial charge is 0.324 e. The molecule has 1 fully saturated rings. The van der Waals surface area contributed by atoms with E-state index in [2.05, 4.69) is 26.6 Å². The van der Waals surface area contributed by atoms with E-state index < -0.39 is 11.6 Å². The van der Waals surface area contributed by atoms with Crippen LogP contribution in [0.15, 0.2) is 16.6 Å². The number of benzene rings is 1. The molecule has 0 radical (unpaired) electrons. The molecule has 2 N–H and O–H groups in total. The normalized spacial score (nSPS) is 20.1. The molecule has 0 bridgehead atoms. The molecular weight excluding hydrogens is 342 g/mol. The zero-order valence-corrected chi connectivity index (χ0v) is 13.5. The van der Waals surface area contributed by atoms with Crippen LogP contribution < -0.4 is 10.6 Å². The van der Waals surface area contributed by atoms with Crippen LogP contribution in [0, 0.1) is 23.5 Å². The molecule has 2 unspecified atom stereocenters. The van der Waals surface area contributed by atoms with Gasteiger partial charge in [-0.15, -0.1) is 0 Å². The molecule has 0 spiro atoms. The minimum Gasteiger partial charge on any atom is -0.324 e. The van der Waals surface area contributed by atoms with Crippen molar-refractivity contribution in [2.75, 3.05) is 18.4 Å². The van der Waals surface area contributed by atoms with Crippen LogP contribution in [0.4, 0.5) is 14.5 Å². The van der Waals surface area contributed by atoms with Crippen LogP contribution in [0.5, 0.6) is 0 Å². The fraction of sp³-hybridized carbons (Fsp3) is 0.533. The summed E-state index contributed by atoms with van der Waals surface area (Å²) in [6.45, 7) is 3.96. The number of piperidine rings is 1. The van der Waals surface area contributed by atoms with E-state index in [1.807, 2.05) is 6.92 Å². The molecule has 0 aromatic heterocycles. The molecule has 1 aromatic rings. The van der Waals surface area contributed by atoms with Gasteiger partial charge in [-0.1, -0.05) is 6.92 Å². The summed E-state index contributed by atoms with van der Waals surface area (Å²) in [6, 6.07) is 2.00. The Labute approximate surface area is 131 Å². The van der Waals surface area contributed by atoms with Crippen molar-refractivity contribution in [2.24, 2.45) is 11.8 Å². The van der Waals surface area contributed by atoms with E-state index in [0.29, 0.717) is 12.3 Å². The van der Waals surface area contributed by atoms with Gasteiger partial charge in [0.1, 0.15) is 11.6 Å². The van der Waals surface area contributed by atoms with Gasteiger partial charge in [0, 0.05) is 12.5 Å². The molecule has 1 aliphatic rings. The van der Waals surface area contributed by atoms with E-state index in [9.17, 15) is 13.6 Å². The van der Waals surface area contributed by atoms with Crippen molar-refractivity contribution < 1.29 is 13.6 Å². The highest BCUT2D eigenvalue weighted by Gasteiger charge is 2.22. The summed E-state index contributed by atoms with van der Waals surface area (Å²) in [6.07, 6.45) is 2.52. The molecule has 3 nitrogen and oxygen atoms in total. The Hall–Kier alpha value is -1.01. The maximum atomic E-state index is 13.7. The van der Waals surface area contributed by atoms with E-state index in [1.165, 1.54) is 0 Å². The molecule has 0 saturated carbocycles. The number of rotatable bonds is 4. The van der Waals surface area contributed by atoms with E-state index in [1.54, 1.807) is 0 Å². The highest BCUT2D eigenvalue weighted by atomic mass is 79.9. The van der Waals surface area contributed by atoms with Crippen LogP contribution in [0.3, 0.4) is 0 Å². The van der Waals surface area contributed by atoms with Crippen molar-refractivity contribution in [1.82, 2.24) is 5.32 Å². The topological polar surface area (TPSA) is 41.1 Å². The SMILES string of the molecule is CC(CC(=O)Nc1cc(F)c(Br)cc1F)C1CCCNC1. The van der Waals surface area contributed by atoms with Crippen molar-refractivity contribution >= 4 is 27.5 Å². The summed E-state index contributed by atoms with van der Waals surface area (Å²) in [5, 5.41) is 5.77. The Morgan fingerprint density at radius 3 is 2.90 bits per heavy atom. The fourth-order valence-electron chi connectivity index (χ4n) is 2.64. The first-order valence-corrected chi connectivity index (χ1v) is 7.91. The lowest BCUT2D eigenvalue weighted by Gasteiger charge is -2.28. The molecule has 0 aliphatic carbocycles. The Morgan fingerprint density at radius 2 is 2.24 bits per heavy atom. The smallest absolute Gasteiger partial charge is 0.224 e. The van der Waals surface area contributed by atoms with Gasteiger partial charge in [0.05, 0.1) is 10.2 Å². The summed E-state index contributed by atoms with van der Waals surface area (Å²) >= 11 is 2.90. The Balaban J connectivity index is 1.93. The highest BCUT2D eigenvalue weighted by Crippen LogP contribution is 2.25. The summed E-state index contributed by atoms with van der Waals surface area (Å²) in [4.78, 5) is 12.0. The first kappa shape index (κ1) is 16.4. The minimum atomic E-state index is -0.649. The van der Waals surface area contributed by atoms with Gasteiger partial charge in [-0.05, 0) is 59.8 Å². The van der Waals surface area contributed by atoms with Crippen LogP contribution in [0.25, 0.3) is 0 Å². The first-order valence-electron chi connectivity index (χ1n) is 7.12. The zero-order chi connectivity index (χ0) is 15.4. The van der Waals surface area contributed by atoms with Crippen molar-refractivity contribution in [1.29, 1.82) is 0 Å². The van der Waals surface area contributed by atoms with Crippen LogP contribution in [-0.2, 0) is 4.79 Å². The maximum absolute atomic E-state index is 13.7. The van der Waals surface area contributed by atoms with Gasteiger partial charge < -0.3 is 10.6 Å². The predicted octanol–water partition coefficient (Wildman–Crippen LogP) is 3.69. The van der Waals surface area contributed by atoms with Crippen LogP contribution >= 0.6 is 15.9 Å². The first-order chi connectivity index (χ1) is 9.97. The van der Waals surface area contributed by atoms with Crippen LogP contribution in [0.2, 0.25) is 0 Å². The number of nitrogens with one attached hydrogen (secondary N) is 2. The molecule has 1 saturated heterocycles. The summed E-state index contributed by atoms with van der Waals surface area (Å²) in [5.41, 5.74) is -0.116. The number of amides is 1. The van der Waals surface area contributed by atoms with Crippen molar-refractivity contribution in [3.8, 4) is 0 Å². The van der Waals surface area contributed by atoms with E-state index in [0.717, 1.165) is 38.1 Å². The number of hydrogen-bond donors (Lipinski definition) is 2. The summed E-state index contributed by atoms with van der Waals surface area (Å²) in [7, 11) is 0. The number of anilines is 1. The van der Waals surface area contributed by atoms with Crippen LogP contribution in [-0.4, -0.2) is 19.0 Å². The van der Waals surface area contributed by atoms with Crippen LogP contribution in [0.1, 0.15) is 26.2 Å². The van der Waals surface area contributed by atoms with Gasteiger partial charge in [0.2, 0.25) is 5.91 Å². The lowest BCUT2D eigenvalue weighted by atomic mass is 9.85. The molecule has 1 amide bonds. The number of carbonyl (C=O) groups excluding carboxylic acids is 1. The fourth-order valence-corrected chi connectivity index (χ4v) is 2.96. The molecule has 6 heteroatoms. The quantitative estimate of drug-likeness (QED) is 0.804. The number of carbonyl (C=O) groups is 1. The molecule has 1 aliphatic heterocycles. The van der Waals surface area contributed by atoms with E-state index in [4.69, 9.17) is 0 Å². The number of halogens is 3. The van der Waals surface area contributed by atoms with Crippen molar-refractivity contribution in [2.45, 2.75) is 26.2 Å². The van der Waals surface area contributed by atoms with Gasteiger partial charge in [-0.3, -0.25) is 4.79 Å². The highest BCUT2D eigenvalue weighted by molar-refractivity contribution is 9.10. The van der Waals surface area contributed by atoms with Gasteiger partial charge >= 0.3 is 0 Å². The average molecular weight is 361 g/mol. The third-order valence-corrected chi connectivity index (χ3v) is 4.54. The molecular formula is C15H19BrF2N2O. The predicted molar refractivity (Wildman–Crippen MR) is 82.1 cm³/mol. The maximum Gasteiger partial charge on any atom is 0.224 e. The third kappa shape index (κ3) is 4.48. The Bertz CT molecular complexity index is 519. The van der Waals surface area contributed by atoms with E-state index >= 15 is 0 Å². The zero-order valence-electron chi connectivity index (χ0n) is 11.9. The van der Waals surface area contributed by atoms with E-state index in [-0.39, 0.29) is 22.0 Å². The van der Waals surface area contributed by atoms with Crippen molar-refractivity contribution in [3.05, 3.63) is 28.2 Å². The molecule has 1 heterocycles. The molecule has 21 heavy (non-hydrogen) atoms. The number of hydrogen-bond acceptors (Lipinski definition) is 2. The molecule has 2 atom stereocenters. The van der Waals surface area contributed by atoms with Gasteiger partial charge in [0.25, 0.3) is 0 Å². The molecule has 116 valence electrons. The second-order valence-electron chi connectivity index (χ2n) is 5.58. The van der Waals surface area contributed by atoms with Crippen molar-refractivity contribution in [3.63, 3.8) is 0 Å². The monoisotopic (exact) mass is 360 g/mol. The second kappa shape index (κ2) is 7.31. The molecule has 2 rings (SSSR count). The second-order valence-corrected chi connectivity index (χ2v) is 6.44. The Morgan fingerprint density at radius 1 is 1.48 bits per heavy atom. The average Bonchev–Trinajstić information content (AvgIpc) is 2.45. The summed E-state index contributed by atoms with van der Waals surface area (Å²) < 4.78 is 27.1. The summed E-state index contributed by atoms with van der Waals surface area (Å²) in [5.74, 6) is -0.870. The standard InChI is InChI=1S/C15H19BrF2N2O/c1-9(10-3-2-4-19-8-10)5-15(21)20-14-7-12(17)11(16)6-13(14)18/h6-7,9-10,19H,2-5,8H2,1H3,(H,20,21). The minimum absolute atomic E-state index is 0.0413. The lowest BCUT2D eigenvalue weighted by molar-refractivity contribution is -0.117. The molecule has 1 aromatic carbocycles. The van der Waals surface area contributed by atoms with Gasteiger partial charge in [-0.25, -0.2) is 8.78 Å². The van der Waals surface area contributed by atoms with Gasteiger partial charge in [-0.2, -0.15) is 0 Å². The Kier molecular flexibility index (Phi) is 5.70.